The monoisotopic (exact) mass is 356 g/mol. The molecular weight excluding hydrogens is 336 g/mol. The van der Waals surface area contributed by atoms with E-state index in [4.69, 9.17) is 9.47 Å². The van der Waals surface area contributed by atoms with Gasteiger partial charge in [0, 0.05) is 34.3 Å². The van der Waals surface area contributed by atoms with Crippen LogP contribution in [0.2, 0.25) is 0 Å². The highest BCUT2D eigenvalue weighted by Gasteiger charge is 2.07. The van der Waals surface area contributed by atoms with E-state index in [2.05, 4.69) is 22.4 Å². The molecule has 0 unspecified atom stereocenters. The number of benzene rings is 2. The van der Waals surface area contributed by atoms with Crippen molar-refractivity contribution in [3.63, 3.8) is 0 Å². The minimum Gasteiger partial charge on any atom is -0.493 e. The van der Waals surface area contributed by atoms with Crippen LogP contribution in [-0.4, -0.2) is 36.9 Å². The molecule has 25 heavy (non-hydrogen) atoms. The molecule has 0 bridgehead atoms. The number of methoxy groups -OCH3 is 1. The van der Waals surface area contributed by atoms with Crippen LogP contribution in [0.4, 0.5) is 0 Å². The first-order valence-electron chi connectivity index (χ1n) is 7.99. The zero-order valence-electron chi connectivity index (χ0n) is 14.0. The summed E-state index contributed by atoms with van der Waals surface area (Å²) in [6, 6.07) is 15.4. The van der Waals surface area contributed by atoms with Gasteiger partial charge in [-0.2, -0.15) is 0 Å². The molecule has 2 aromatic carbocycles. The Morgan fingerprint density at radius 3 is 2.72 bits per heavy atom. The molecular formula is C19H20N2O3S. The number of rotatable bonds is 8. The zero-order chi connectivity index (χ0) is 17.5. The number of ether oxygens (including phenoxy) is 2. The van der Waals surface area contributed by atoms with E-state index in [1.54, 1.807) is 31.0 Å². The molecule has 5 nitrogen and oxygen atoms in total. The molecule has 0 spiro atoms. The van der Waals surface area contributed by atoms with Gasteiger partial charge < -0.3 is 19.8 Å². The summed E-state index contributed by atoms with van der Waals surface area (Å²) in [6.45, 7) is 0.552. The Bertz CT molecular complexity index is 847. The van der Waals surface area contributed by atoms with Crippen molar-refractivity contribution in [1.82, 2.24) is 10.3 Å². The van der Waals surface area contributed by atoms with E-state index >= 15 is 0 Å². The molecule has 3 aromatic rings. The number of thioether (sulfide) groups is 1. The van der Waals surface area contributed by atoms with Crippen LogP contribution in [0.5, 0.6) is 11.5 Å². The Morgan fingerprint density at radius 2 is 1.88 bits per heavy atom. The first kappa shape index (κ1) is 17.2. The lowest BCUT2D eigenvalue weighted by Gasteiger charge is -2.10. The van der Waals surface area contributed by atoms with E-state index in [0.29, 0.717) is 18.0 Å². The van der Waals surface area contributed by atoms with Gasteiger partial charge >= 0.3 is 0 Å². The fourth-order valence-electron chi connectivity index (χ4n) is 2.45. The van der Waals surface area contributed by atoms with Gasteiger partial charge in [-0.3, -0.25) is 4.79 Å². The lowest BCUT2D eigenvalue weighted by atomic mass is 10.2. The van der Waals surface area contributed by atoms with Crippen molar-refractivity contribution in [2.24, 2.45) is 0 Å². The number of aromatic nitrogens is 1. The number of fused-ring (bicyclic) bond motifs is 1. The van der Waals surface area contributed by atoms with Gasteiger partial charge in [0.1, 0.15) is 0 Å². The predicted octanol–water partition coefficient (Wildman–Crippen LogP) is 3.46. The van der Waals surface area contributed by atoms with Gasteiger partial charge in [-0.15, -0.1) is 11.8 Å². The van der Waals surface area contributed by atoms with Crippen LogP contribution in [0.25, 0.3) is 10.9 Å². The number of amides is 1. The Hall–Kier alpha value is -2.60. The van der Waals surface area contributed by atoms with Gasteiger partial charge in [-0.1, -0.05) is 30.3 Å². The average Bonchev–Trinajstić information content (AvgIpc) is 3.07. The van der Waals surface area contributed by atoms with E-state index < -0.39 is 0 Å². The maximum Gasteiger partial charge on any atom is 0.257 e. The van der Waals surface area contributed by atoms with E-state index in [0.717, 1.165) is 11.3 Å². The number of para-hydroxylation sites is 3. The number of H-pyrrole nitrogens is 1. The molecule has 0 aliphatic rings. The molecule has 1 heterocycles. The molecule has 0 saturated carbocycles. The Kier molecular flexibility index (Phi) is 5.85. The van der Waals surface area contributed by atoms with Crippen molar-refractivity contribution in [2.75, 3.05) is 26.0 Å². The SMILES string of the molecule is COc1ccccc1OCC(=O)NCCSc1c[nH]c2ccccc12. The first-order chi connectivity index (χ1) is 12.3. The lowest BCUT2D eigenvalue weighted by molar-refractivity contribution is -0.122. The fourth-order valence-corrected chi connectivity index (χ4v) is 3.35. The van der Waals surface area contributed by atoms with Crippen LogP contribution < -0.4 is 14.8 Å². The van der Waals surface area contributed by atoms with E-state index in [9.17, 15) is 4.79 Å². The summed E-state index contributed by atoms with van der Waals surface area (Å²) in [5, 5.41) is 4.07. The standard InChI is InChI=1S/C19H20N2O3S/c1-23-16-8-4-5-9-17(16)24-13-19(22)20-10-11-25-18-12-21-15-7-3-2-6-14(15)18/h2-9,12,21H,10-11,13H2,1H3,(H,20,22). The van der Waals surface area contributed by atoms with Gasteiger partial charge in [0.15, 0.2) is 18.1 Å². The highest BCUT2D eigenvalue weighted by Crippen LogP contribution is 2.27. The molecule has 2 N–H and O–H groups in total. The van der Waals surface area contributed by atoms with Crippen molar-refractivity contribution in [2.45, 2.75) is 4.90 Å². The molecule has 0 saturated heterocycles. The van der Waals surface area contributed by atoms with E-state index in [-0.39, 0.29) is 12.5 Å². The average molecular weight is 356 g/mol. The molecule has 0 aliphatic carbocycles. The van der Waals surface area contributed by atoms with E-state index in [1.165, 1.54) is 10.3 Å². The maximum absolute atomic E-state index is 11.9. The second-order valence-electron chi connectivity index (χ2n) is 5.34. The number of aromatic amines is 1. The highest BCUT2D eigenvalue weighted by molar-refractivity contribution is 7.99. The van der Waals surface area contributed by atoms with E-state index in [1.807, 2.05) is 30.5 Å². The summed E-state index contributed by atoms with van der Waals surface area (Å²) in [5.74, 6) is 1.83. The number of carbonyl (C=O) groups excluding carboxylic acids is 1. The van der Waals surface area contributed by atoms with Crippen LogP contribution in [0.1, 0.15) is 0 Å². The van der Waals surface area contributed by atoms with Crippen molar-refractivity contribution >= 4 is 28.6 Å². The molecule has 1 aromatic heterocycles. The van der Waals surface area contributed by atoms with Crippen molar-refractivity contribution in [3.8, 4) is 11.5 Å². The summed E-state index contributed by atoms with van der Waals surface area (Å²) < 4.78 is 10.7. The third kappa shape index (κ3) is 4.48. The molecule has 130 valence electrons. The maximum atomic E-state index is 11.9. The summed E-state index contributed by atoms with van der Waals surface area (Å²) in [4.78, 5) is 16.3. The summed E-state index contributed by atoms with van der Waals surface area (Å²) in [5.41, 5.74) is 1.12. The quantitative estimate of drug-likeness (QED) is 0.479. The largest absolute Gasteiger partial charge is 0.493 e. The first-order valence-corrected chi connectivity index (χ1v) is 8.98. The van der Waals surface area contributed by atoms with Crippen LogP contribution >= 0.6 is 11.8 Å². The van der Waals surface area contributed by atoms with Gasteiger partial charge in [0.25, 0.3) is 5.91 Å². The van der Waals surface area contributed by atoms with Crippen molar-refractivity contribution < 1.29 is 14.3 Å². The molecule has 1 amide bonds. The van der Waals surface area contributed by atoms with Gasteiger partial charge in [0.05, 0.1) is 7.11 Å². The minimum absolute atomic E-state index is 0.0296. The smallest absolute Gasteiger partial charge is 0.257 e. The molecule has 0 fully saturated rings. The number of hydrogen-bond acceptors (Lipinski definition) is 4. The summed E-state index contributed by atoms with van der Waals surface area (Å²) >= 11 is 1.71. The highest BCUT2D eigenvalue weighted by atomic mass is 32.2. The van der Waals surface area contributed by atoms with Gasteiger partial charge in [0.2, 0.25) is 0 Å². The van der Waals surface area contributed by atoms with Crippen LogP contribution in [0.3, 0.4) is 0 Å². The Labute approximate surface area is 150 Å². The normalized spacial score (nSPS) is 10.6. The zero-order valence-corrected chi connectivity index (χ0v) is 14.8. The van der Waals surface area contributed by atoms with Crippen LogP contribution in [0.15, 0.2) is 59.6 Å². The van der Waals surface area contributed by atoms with Crippen molar-refractivity contribution in [1.29, 1.82) is 0 Å². The molecule has 0 aliphatic heterocycles. The Morgan fingerprint density at radius 1 is 1.12 bits per heavy atom. The lowest BCUT2D eigenvalue weighted by Crippen LogP contribution is -2.30. The second kappa shape index (κ2) is 8.48. The predicted molar refractivity (Wildman–Crippen MR) is 101 cm³/mol. The topological polar surface area (TPSA) is 63.4 Å². The van der Waals surface area contributed by atoms with Crippen molar-refractivity contribution in [3.05, 3.63) is 54.7 Å². The molecule has 6 heteroatoms. The molecule has 3 rings (SSSR count). The number of carbonyl (C=O) groups is 1. The van der Waals surface area contributed by atoms with Gasteiger partial charge in [-0.25, -0.2) is 0 Å². The minimum atomic E-state index is -0.148. The van der Waals surface area contributed by atoms with Crippen LogP contribution in [0, 0.1) is 0 Å². The summed E-state index contributed by atoms with van der Waals surface area (Å²) in [6.07, 6.45) is 2.00. The molecule has 0 radical (unpaired) electrons. The fraction of sp³-hybridized carbons (Fsp3) is 0.211. The molecule has 0 atom stereocenters. The summed E-state index contributed by atoms with van der Waals surface area (Å²) in [7, 11) is 1.57. The van der Waals surface area contributed by atoms with Crippen LogP contribution in [-0.2, 0) is 4.79 Å². The van der Waals surface area contributed by atoms with Gasteiger partial charge in [-0.05, 0) is 18.2 Å². The second-order valence-corrected chi connectivity index (χ2v) is 6.47. The number of hydrogen-bond donors (Lipinski definition) is 2. The Balaban J connectivity index is 1.41. The number of nitrogens with one attached hydrogen (secondary N) is 2. The third-order valence-corrected chi connectivity index (χ3v) is 4.72. The third-order valence-electron chi connectivity index (χ3n) is 3.66.